The van der Waals surface area contributed by atoms with E-state index in [4.69, 9.17) is 23.2 Å². The van der Waals surface area contributed by atoms with E-state index in [-0.39, 0.29) is 33.7 Å². The quantitative estimate of drug-likeness (QED) is 0.0878. The number of imide groups is 2. The SMILES string of the molecule is O=C(O)c1cccc(N2C(=O)C3CC=C4C(CC5(Cl)C(=O)N(c6c(F)c(F)c(F)c(F)c6F)C(=O)C5(Cl)C4c4ccc(O)c(F)c4)C3C2=O)c1. The van der Waals surface area contributed by atoms with E-state index in [9.17, 15) is 51.7 Å². The minimum absolute atomic E-state index is 0.0605. The fraction of sp³-hybridized carbons (Fsp3) is 0.242. The number of allylic oxidation sites excluding steroid dienone is 2. The van der Waals surface area contributed by atoms with Gasteiger partial charge in [0.2, 0.25) is 17.6 Å². The van der Waals surface area contributed by atoms with E-state index >= 15 is 8.78 Å². The third-order valence-corrected chi connectivity index (χ3v) is 11.3. The van der Waals surface area contributed by atoms with Crippen LogP contribution in [0.2, 0.25) is 0 Å². The third kappa shape index (κ3) is 4.19. The van der Waals surface area contributed by atoms with E-state index < -0.39 is 116 Å². The van der Waals surface area contributed by atoms with Crippen LogP contribution in [-0.2, 0) is 19.2 Å². The average Bonchev–Trinajstić information content (AvgIpc) is 3.42. The Morgan fingerprint density at radius 2 is 1.44 bits per heavy atom. The minimum Gasteiger partial charge on any atom is -0.505 e. The number of amides is 4. The number of hydrogen-bond acceptors (Lipinski definition) is 6. The molecule has 7 rings (SSSR count). The van der Waals surface area contributed by atoms with Crippen molar-refractivity contribution in [2.24, 2.45) is 17.8 Å². The van der Waals surface area contributed by atoms with Crippen molar-refractivity contribution >= 4 is 64.2 Å². The number of hydrogen-bond donors (Lipinski definition) is 2. The number of carboxylic acids is 1. The van der Waals surface area contributed by atoms with Crippen molar-refractivity contribution in [2.45, 2.75) is 28.5 Å². The van der Waals surface area contributed by atoms with Gasteiger partial charge in [0.05, 0.1) is 23.1 Å². The number of aromatic hydroxyl groups is 1. The number of rotatable bonds is 4. The summed E-state index contributed by atoms with van der Waals surface area (Å²) in [6.45, 7) is 0. The van der Waals surface area contributed by atoms with Gasteiger partial charge in [-0.3, -0.25) is 24.1 Å². The lowest BCUT2D eigenvalue weighted by Crippen LogP contribution is -2.60. The zero-order valence-corrected chi connectivity index (χ0v) is 26.2. The summed E-state index contributed by atoms with van der Waals surface area (Å²) in [6, 6.07) is 7.59. The first-order chi connectivity index (χ1) is 23.5. The molecule has 4 amide bonds. The highest BCUT2D eigenvalue weighted by Crippen LogP contribution is 2.66. The highest BCUT2D eigenvalue weighted by molar-refractivity contribution is 6.58. The molecule has 3 fully saturated rings. The summed E-state index contributed by atoms with van der Waals surface area (Å²) in [6.07, 6.45) is 0.419. The Hall–Kier alpha value is -4.89. The molecule has 258 valence electrons. The van der Waals surface area contributed by atoms with Crippen LogP contribution in [0.4, 0.5) is 37.7 Å². The van der Waals surface area contributed by atoms with Crippen LogP contribution in [0.3, 0.4) is 0 Å². The molecular weight excluding hydrogens is 721 g/mol. The molecule has 0 spiro atoms. The molecule has 6 unspecified atom stereocenters. The maximum Gasteiger partial charge on any atom is 0.335 e. The number of phenols is 1. The molecule has 6 atom stereocenters. The molecular formula is C33H18Cl2F6N2O7. The number of nitrogens with zero attached hydrogens (tertiary/aromatic N) is 2. The summed E-state index contributed by atoms with van der Waals surface area (Å²) in [4.78, 5) is 62.5. The molecule has 2 aliphatic heterocycles. The van der Waals surface area contributed by atoms with Crippen molar-refractivity contribution in [2.75, 3.05) is 9.80 Å². The van der Waals surface area contributed by atoms with Crippen molar-refractivity contribution in [1.29, 1.82) is 0 Å². The maximum atomic E-state index is 15.1. The van der Waals surface area contributed by atoms with Gasteiger partial charge in [0, 0.05) is 5.92 Å². The molecule has 9 nitrogen and oxygen atoms in total. The third-order valence-electron chi connectivity index (χ3n) is 9.88. The van der Waals surface area contributed by atoms with Gasteiger partial charge in [-0.05, 0) is 54.7 Å². The fourth-order valence-electron chi connectivity index (χ4n) is 7.68. The summed E-state index contributed by atoms with van der Waals surface area (Å²) >= 11 is 14.0. The number of carboxylic acid groups (broad SMARTS) is 1. The smallest absolute Gasteiger partial charge is 0.335 e. The lowest BCUT2D eigenvalue weighted by atomic mass is 9.56. The Labute approximate surface area is 286 Å². The predicted octanol–water partition coefficient (Wildman–Crippen LogP) is 5.69. The van der Waals surface area contributed by atoms with Gasteiger partial charge < -0.3 is 10.2 Å². The zero-order valence-electron chi connectivity index (χ0n) is 24.7. The highest BCUT2D eigenvalue weighted by Gasteiger charge is 2.77. The van der Waals surface area contributed by atoms with Crippen molar-refractivity contribution < 1.29 is 60.5 Å². The van der Waals surface area contributed by atoms with E-state index in [0.29, 0.717) is 0 Å². The molecule has 1 saturated carbocycles. The summed E-state index contributed by atoms with van der Waals surface area (Å²) in [7, 11) is 0. The second-order valence-electron chi connectivity index (χ2n) is 12.3. The van der Waals surface area contributed by atoms with Gasteiger partial charge in [0.1, 0.15) is 5.69 Å². The number of carbonyl (C=O) groups is 5. The second kappa shape index (κ2) is 11.1. The molecule has 2 aliphatic carbocycles. The second-order valence-corrected chi connectivity index (χ2v) is 13.5. The molecule has 17 heteroatoms. The Balaban J connectivity index is 1.42. The van der Waals surface area contributed by atoms with Crippen LogP contribution in [0.5, 0.6) is 5.75 Å². The topological polar surface area (TPSA) is 132 Å². The van der Waals surface area contributed by atoms with Gasteiger partial charge >= 0.3 is 5.97 Å². The van der Waals surface area contributed by atoms with Crippen molar-refractivity contribution in [3.05, 3.63) is 100 Å². The lowest BCUT2D eigenvalue weighted by molar-refractivity contribution is -0.125. The van der Waals surface area contributed by atoms with Crippen LogP contribution in [0.25, 0.3) is 0 Å². The summed E-state index contributed by atoms with van der Waals surface area (Å²) in [5.74, 6) is -26.7. The molecule has 0 radical (unpaired) electrons. The Morgan fingerprint density at radius 1 is 0.800 bits per heavy atom. The van der Waals surface area contributed by atoms with Crippen molar-refractivity contribution in [3.63, 3.8) is 0 Å². The van der Waals surface area contributed by atoms with Crippen LogP contribution in [-0.4, -0.2) is 49.6 Å². The first-order valence-corrected chi connectivity index (χ1v) is 15.4. The molecule has 3 aromatic rings. The molecule has 50 heavy (non-hydrogen) atoms. The molecule has 2 N–H and O–H groups in total. The monoisotopic (exact) mass is 738 g/mol. The van der Waals surface area contributed by atoms with Crippen LogP contribution >= 0.6 is 23.2 Å². The van der Waals surface area contributed by atoms with E-state index in [2.05, 4.69) is 0 Å². The molecule has 4 aliphatic rings. The molecule has 0 aromatic heterocycles. The maximum absolute atomic E-state index is 15.1. The predicted molar refractivity (Wildman–Crippen MR) is 160 cm³/mol. The first kappa shape index (κ1) is 33.6. The van der Waals surface area contributed by atoms with Gasteiger partial charge in [-0.2, -0.15) is 0 Å². The van der Waals surface area contributed by atoms with Crippen LogP contribution < -0.4 is 9.80 Å². The van der Waals surface area contributed by atoms with E-state index in [1.54, 1.807) is 0 Å². The first-order valence-electron chi connectivity index (χ1n) is 14.6. The van der Waals surface area contributed by atoms with Crippen LogP contribution in [0.1, 0.15) is 34.7 Å². The van der Waals surface area contributed by atoms with Gasteiger partial charge in [0.25, 0.3) is 11.8 Å². The molecule has 2 saturated heterocycles. The van der Waals surface area contributed by atoms with Gasteiger partial charge in [-0.1, -0.05) is 23.8 Å². The standard InChI is InChI=1S/C33H18Cl2F6N2O7/c34-32-10-16-14(5-6-15-19(16)28(46)42(27(15)45)13-3-1-2-12(8-13)29(47)48)20(11-4-7-18(44)17(36)9-11)33(32,35)31(50)43(30(32)49)26-24(40)22(38)21(37)23(39)25(26)41/h1-5,7-9,15-16,19-20,44H,6,10H2,(H,47,48). The van der Waals surface area contributed by atoms with Crippen molar-refractivity contribution in [1.82, 2.24) is 0 Å². The Kier molecular flexibility index (Phi) is 7.43. The number of halogens is 8. The number of carbonyl (C=O) groups excluding carboxylic acids is 4. The van der Waals surface area contributed by atoms with E-state index in [1.165, 1.54) is 24.3 Å². The number of anilines is 2. The Morgan fingerprint density at radius 3 is 2.06 bits per heavy atom. The zero-order chi connectivity index (χ0) is 36.4. The van der Waals surface area contributed by atoms with E-state index in [0.717, 1.165) is 29.2 Å². The minimum atomic E-state index is -2.87. The largest absolute Gasteiger partial charge is 0.505 e. The van der Waals surface area contributed by atoms with E-state index in [1.807, 2.05) is 0 Å². The molecule has 0 bridgehead atoms. The number of aromatic carboxylic acids is 1. The summed E-state index contributed by atoms with van der Waals surface area (Å²) in [5.41, 5.74) is -2.49. The number of fused-ring (bicyclic) bond motifs is 4. The van der Waals surface area contributed by atoms with Crippen LogP contribution in [0, 0.1) is 52.7 Å². The normalized spacial score (nSPS) is 28.8. The van der Waals surface area contributed by atoms with Crippen LogP contribution in [0.15, 0.2) is 54.1 Å². The molecule has 2 heterocycles. The van der Waals surface area contributed by atoms with Gasteiger partial charge in [-0.25, -0.2) is 36.0 Å². The average molecular weight is 739 g/mol. The number of phenolic OH excluding ortho intramolecular Hbond substituents is 1. The number of alkyl halides is 2. The van der Waals surface area contributed by atoms with Crippen molar-refractivity contribution in [3.8, 4) is 5.75 Å². The number of benzene rings is 3. The summed E-state index contributed by atoms with van der Waals surface area (Å²) < 4.78 is 87.8. The Bertz CT molecular complexity index is 2140. The fourth-order valence-corrected chi connectivity index (χ4v) is 8.61. The van der Waals surface area contributed by atoms with Gasteiger partial charge in [0.15, 0.2) is 44.6 Å². The molecule has 3 aromatic carbocycles. The van der Waals surface area contributed by atoms with Gasteiger partial charge in [-0.15, -0.1) is 23.2 Å². The highest BCUT2D eigenvalue weighted by atomic mass is 35.5. The summed E-state index contributed by atoms with van der Waals surface area (Å²) in [5, 5.41) is 19.3. The lowest BCUT2D eigenvalue weighted by Gasteiger charge is -2.50.